The third-order valence-electron chi connectivity index (χ3n) is 8.70. The van der Waals surface area contributed by atoms with Gasteiger partial charge in [-0.1, -0.05) is 36.9 Å². The van der Waals surface area contributed by atoms with Crippen LogP contribution in [-0.2, 0) is 9.59 Å². The number of nitrogens with one attached hydrogen (secondary N) is 3. The minimum absolute atomic E-state index is 0.0800. The van der Waals surface area contributed by atoms with Crippen LogP contribution < -0.4 is 25.6 Å². The van der Waals surface area contributed by atoms with Gasteiger partial charge in [-0.2, -0.15) is 5.26 Å². The van der Waals surface area contributed by atoms with Crippen LogP contribution in [0.5, 0.6) is 11.5 Å². The highest BCUT2D eigenvalue weighted by molar-refractivity contribution is 8.01. The lowest BCUT2D eigenvalue weighted by molar-refractivity contribution is -0.129. The third kappa shape index (κ3) is 6.74. The Morgan fingerprint density at radius 1 is 1.17 bits per heavy atom. The number of hydrogen-bond donors (Lipinski definition) is 3. The molecule has 0 bridgehead atoms. The van der Waals surface area contributed by atoms with Crippen LogP contribution in [0.2, 0.25) is 0 Å². The molecule has 0 radical (unpaired) electrons. The molecule has 0 saturated carbocycles. The Kier molecular flexibility index (Phi) is 9.44. The zero-order valence-electron chi connectivity index (χ0n) is 27.4. The van der Waals surface area contributed by atoms with Crippen molar-refractivity contribution in [1.82, 2.24) is 25.8 Å². The van der Waals surface area contributed by atoms with Crippen LogP contribution in [0.4, 0.5) is 16.2 Å². The second-order valence-electron chi connectivity index (χ2n) is 12.7. The number of nitrogens with zero attached hydrogens (tertiary/aromatic N) is 4. The van der Waals surface area contributed by atoms with Crippen LogP contribution in [0.3, 0.4) is 0 Å². The van der Waals surface area contributed by atoms with Crippen molar-refractivity contribution >= 4 is 41.0 Å². The molecule has 3 aliphatic heterocycles. The molecule has 3 N–H and O–H groups in total. The van der Waals surface area contributed by atoms with E-state index in [0.717, 1.165) is 16.9 Å². The standard InChI is InChI=1S/C36H39N7O4S/c1-5-39-36(3,4)19-23(20-37)34(45)42-17-9-10-24(21-42)40-32(44)31-30-29-28(15-16-38-33(29)48-31)43(35(46)41-30)27-14-13-26(18-22(27)2)47-25-11-7-6-8-12-25/h6-8,11-16,18-19,24,30-31,39H,5,9-10,17,21H2,1-4H3,(H,40,44)(H,41,46)/b23-19+/t24?,30?,31-/m1/s1. The number of amides is 4. The van der Waals surface area contributed by atoms with E-state index in [1.807, 2.05) is 82.3 Å². The Morgan fingerprint density at radius 2 is 1.96 bits per heavy atom. The van der Waals surface area contributed by atoms with Crippen molar-refractivity contribution in [3.63, 3.8) is 0 Å². The van der Waals surface area contributed by atoms with E-state index >= 15 is 0 Å². The minimum atomic E-state index is -0.635. The summed E-state index contributed by atoms with van der Waals surface area (Å²) in [6.07, 6.45) is 4.72. The van der Waals surface area contributed by atoms with Crippen molar-refractivity contribution in [2.45, 2.75) is 68.4 Å². The van der Waals surface area contributed by atoms with Gasteiger partial charge < -0.3 is 25.6 Å². The van der Waals surface area contributed by atoms with Crippen LogP contribution in [0, 0.1) is 18.3 Å². The summed E-state index contributed by atoms with van der Waals surface area (Å²) in [6, 6.07) is 17.8. The molecule has 2 aromatic carbocycles. The number of thioether (sulfide) groups is 1. The molecular formula is C36H39N7O4S. The number of benzene rings is 2. The number of para-hydroxylation sites is 1. The summed E-state index contributed by atoms with van der Waals surface area (Å²) in [4.78, 5) is 48.7. The second kappa shape index (κ2) is 13.7. The number of aryl methyl sites for hydroxylation is 1. The number of nitriles is 1. The highest BCUT2D eigenvalue weighted by atomic mass is 32.2. The summed E-state index contributed by atoms with van der Waals surface area (Å²) in [5.74, 6) is 0.806. The number of pyridine rings is 1. The first-order valence-corrected chi connectivity index (χ1v) is 17.0. The first kappa shape index (κ1) is 33.1. The number of carbonyl (C=O) groups is 3. The predicted octanol–water partition coefficient (Wildman–Crippen LogP) is 5.50. The zero-order valence-corrected chi connectivity index (χ0v) is 28.3. The van der Waals surface area contributed by atoms with Gasteiger partial charge in [-0.15, -0.1) is 0 Å². The maximum absolute atomic E-state index is 13.8. The van der Waals surface area contributed by atoms with Gasteiger partial charge in [-0.05, 0) is 88.2 Å². The summed E-state index contributed by atoms with van der Waals surface area (Å²) >= 11 is 1.33. The quantitative estimate of drug-likeness (QED) is 0.201. The number of rotatable bonds is 9. The Morgan fingerprint density at radius 3 is 2.69 bits per heavy atom. The van der Waals surface area contributed by atoms with Crippen molar-refractivity contribution in [1.29, 1.82) is 5.26 Å². The summed E-state index contributed by atoms with van der Waals surface area (Å²) in [5, 5.41) is 19.3. The maximum Gasteiger partial charge on any atom is 0.327 e. The zero-order chi connectivity index (χ0) is 34.0. The normalized spacial score (nSPS) is 20.4. The fourth-order valence-electron chi connectivity index (χ4n) is 6.57. The molecule has 3 atom stereocenters. The van der Waals surface area contributed by atoms with Crippen molar-refractivity contribution in [3.05, 3.63) is 83.6 Å². The molecular weight excluding hydrogens is 627 g/mol. The minimum Gasteiger partial charge on any atom is -0.457 e. The van der Waals surface area contributed by atoms with Gasteiger partial charge in [0.25, 0.3) is 5.91 Å². The first-order chi connectivity index (χ1) is 23.1. The number of carbonyl (C=O) groups excluding carboxylic acids is 3. The number of urea groups is 1. The van der Waals surface area contributed by atoms with Gasteiger partial charge in [-0.3, -0.25) is 14.5 Å². The molecule has 0 spiro atoms. The fraction of sp³-hybridized carbons (Fsp3) is 0.361. The predicted molar refractivity (Wildman–Crippen MR) is 184 cm³/mol. The van der Waals surface area contributed by atoms with E-state index in [1.54, 1.807) is 22.1 Å². The van der Waals surface area contributed by atoms with E-state index in [-0.39, 0.29) is 29.5 Å². The van der Waals surface area contributed by atoms with E-state index in [2.05, 4.69) is 27.0 Å². The van der Waals surface area contributed by atoms with Gasteiger partial charge in [0.2, 0.25) is 5.91 Å². The van der Waals surface area contributed by atoms with Crippen molar-refractivity contribution in [2.24, 2.45) is 0 Å². The molecule has 4 heterocycles. The summed E-state index contributed by atoms with van der Waals surface area (Å²) in [6.45, 7) is 9.24. The molecule has 248 valence electrons. The monoisotopic (exact) mass is 665 g/mol. The smallest absolute Gasteiger partial charge is 0.327 e. The van der Waals surface area contributed by atoms with Gasteiger partial charge in [0.1, 0.15) is 33.4 Å². The molecule has 1 saturated heterocycles. The Labute approximate surface area is 284 Å². The van der Waals surface area contributed by atoms with Crippen LogP contribution in [0.1, 0.15) is 50.8 Å². The third-order valence-corrected chi connectivity index (χ3v) is 9.98. The van der Waals surface area contributed by atoms with Gasteiger partial charge in [0.05, 0.1) is 17.4 Å². The summed E-state index contributed by atoms with van der Waals surface area (Å²) in [7, 11) is 0. The largest absolute Gasteiger partial charge is 0.457 e. The highest BCUT2D eigenvalue weighted by Gasteiger charge is 2.47. The first-order valence-electron chi connectivity index (χ1n) is 16.2. The van der Waals surface area contributed by atoms with Gasteiger partial charge in [0, 0.05) is 36.4 Å². The second-order valence-corrected chi connectivity index (χ2v) is 13.9. The molecule has 3 aliphatic rings. The SMILES string of the molecule is CCNC(C)(C)/C=C(\C#N)C(=O)N1CCCC(NC(=O)[C@@H]2Sc3nccc4c3C2NC(=O)N4c2ccc(Oc3ccccc3)cc2C)C1. The summed E-state index contributed by atoms with van der Waals surface area (Å²) in [5.41, 5.74) is 2.60. The van der Waals surface area contributed by atoms with Gasteiger partial charge in [0.15, 0.2) is 0 Å². The number of aromatic nitrogens is 1. The molecule has 6 rings (SSSR count). The Balaban J connectivity index is 1.16. The highest BCUT2D eigenvalue weighted by Crippen LogP contribution is 2.51. The molecule has 1 fully saturated rings. The van der Waals surface area contributed by atoms with Crippen LogP contribution in [0.25, 0.3) is 0 Å². The molecule has 12 heteroatoms. The topological polar surface area (TPSA) is 140 Å². The Hall–Kier alpha value is -4.86. The van der Waals surface area contributed by atoms with Crippen molar-refractivity contribution < 1.29 is 19.1 Å². The van der Waals surface area contributed by atoms with E-state index in [1.165, 1.54) is 11.8 Å². The lowest BCUT2D eigenvalue weighted by Gasteiger charge is -2.36. The number of ether oxygens (including phenoxy) is 1. The van der Waals surface area contributed by atoms with E-state index in [0.29, 0.717) is 54.6 Å². The molecule has 2 unspecified atom stereocenters. The van der Waals surface area contributed by atoms with Crippen LogP contribution in [0.15, 0.2) is 77.5 Å². The van der Waals surface area contributed by atoms with Crippen molar-refractivity contribution in [2.75, 3.05) is 24.5 Å². The maximum atomic E-state index is 13.8. The molecule has 3 aromatic rings. The van der Waals surface area contributed by atoms with E-state index < -0.39 is 16.8 Å². The summed E-state index contributed by atoms with van der Waals surface area (Å²) < 4.78 is 5.99. The fourth-order valence-corrected chi connectivity index (χ4v) is 7.81. The van der Waals surface area contributed by atoms with Crippen LogP contribution >= 0.6 is 11.8 Å². The molecule has 0 aliphatic carbocycles. The number of likely N-dealkylation sites (N-methyl/N-ethyl adjacent to an activating group) is 1. The molecule has 4 amide bonds. The van der Waals surface area contributed by atoms with Gasteiger partial charge >= 0.3 is 6.03 Å². The number of hydrogen-bond acceptors (Lipinski definition) is 8. The Bertz CT molecular complexity index is 1810. The van der Waals surface area contributed by atoms with Gasteiger partial charge in [-0.25, -0.2) is 9.78 Å². The average Bonchev–Trinajstić information content (AvgIpc) is 3.44. The number of piperidine rings is 1. The lowest BCUT2D eigenvalue weighted by atomic mass is 9.98. The van der Waals surface area contributed by atoms with E-state index in [4.69, 9.17) is 4.74 Å². The molecule has 1 aromatic heterocycles. The average molecular weight is 666 g/mol. The number of likely N-dealkylation sites (tertiary alicyclic amines) is 1. The molecule has 11 nitrogen and oxygen atoms in total. The number of anilines is 2. The lowest BCUT2D eigenvalue weighted by Crippen LogP contribution is -2.54. The van der Waals surface area contributed by atoms with Crippen molar-refractivity contribution in [3.8, 4) is 17.6 Å². The molecule has 48 heavy (non-hydrogen) atoms. The van der Waals surface area contributed by atoms with E-state index in [9.17, 15) is 19.6 Å². The van der Waals surface area contributed by atoms with Crippen LogP contribution in [-0.4, -0.2) is 64.2 Å².